The van der Waals surface area contributed by atoms with Crippen LogP contribution in [-0.4, -0.2) is 29.7 Å². The Hall–Kier alpha value is -2.30. The van der Waals surface area contributed by atoms with Gasteiger partial charge in [-0.1, -0.05) is 36.4 Å². The minimum absolute atomic E-state index is 0.255. The van der Waals surface area contributed by atoms with Gasteiger partial charge in [-0.25, -0.2) is 9.59 Å². The average molecular weight is 262 g/mol. The Labute approximate surface area is 112 Å². The van der Waals surface area contributed by atoms with Gasteiger partial charge in [0.25, 0.3) is 0 Å². The number of carbonyl (C=O) groups is 2. The second-order valence-electron chi connectivity index (χ2n) is 4.06. The largest absolute Gasteiger partial charge is 0.480 e. The second-order valence-corrected chi connectivity index (χ2v) is 4.06. The first-order valence-corrected chi connectivity index (χ1v) is 6.05. The van der Waals surface area contributed by atoms with Crippen molar-refractivity contribution in [2.24, 2.45) is 0 Å². The Morgan fingerprint density at radius 1 is 1.32 bits per heavy atom. The summed E-state index contributed by atoms with van der Waals surface area (Å²) in [5.74, 6) is -1.05. The zero-order valence-corrected chi connectivity index (χ0v) is 10.6. The van der Waals surface area contributed by atoms with Gasteiger partial charge in [0.2, 0.25) is 0 Å². The summed E-state index contributed by atoms with van der Waals surface area (Å²) in [6.45, 7) is 3.97. The first-order chi connectivity index (χ1) is 9.13. The summed E-state index contributed by atoms with van der Waals surface area (Å²) in [6, 6.07) is 7.75. The van der Waals surface area contributed by atoms with E-state index in [2.05, 4.69) is 17.2 Å². The quantitative estimate of drug-likeness (QED) is 0.515. The third-order valence-electron chi connectivity index (χ3n) is 2.52. The van der Waals surface area contributed by atoms with Gasteiger partial charge in [0.05, 0.1) is 0 Å². The topological polar surface area (TPSA) is 78.4 Å². The van der Waals surface area contributed by atoms with E-state index >= 15 is 0 Å². The van der Waals surface area contributed by atoms with Gasteiger partial charge in [-0.15, -0.1) is 6.58 Å². The highest BCUT2D eigenvalue weighted by molar-refractivity contribution is 5.82. The molecule has 102 valence electrons. The summed E-state index contributed by atoms with van der Waals surface area (Å²) in [5.41, 5.74) is 0.862. The highest BCUT2D eigenvalue weighted by Gasteiger charge is 2.19. The molecule has 5 nitrogen and oxygen atoms in total. The number of hydrogen-bond donors (Lipinski definition) is 3. The number of aliphatic carboxylic acids is 1. The molecule has 3 N–H and O–H groups in total. The molecule has 1 unspecified atom stereocenters. The minimum Gasteiger partial charge on any atom is -0.480 e. The van der Waals surface area contributed by atoms with Crippen molar-refractivity contribution in [2.75, 3.05) is 6.54 Å². The van der Waals surface area contributed by atoms with Crippen LogP contribution in [0, 0.1) is 0 Å². The van der Waals surface area contributed by atoms with Gasteiger partial charge in [-0.05, 0) is 12.0 Å². The molecule has 2 amide bonds. The predicted molar refractivity (Wildman–Crippen MR) is 72.9 cm³/mol. The summed E-state index contributed by atoms with van der Waals surface area (Å²) >= 11 is 0. The smallest absolute Gasteiger partial charge is 0.326 e. The molecular weight excluding hydrogens is 244 g/mol. The number of carboxylic acids is 1. The molecule has 0 aromatic heterocycles. The molecule has 0 saturated heterocycles. The number of rotatable bonds is 7. The highest BCUT2D eigenvalue weighted by atomic mass is 16.4. The van der Waals surface area contributed by atoms with Gasteiger partial charge in [0.1, 0.15) is 6.04 Å². The molecule has 5 heteroatoms. The molecule has 19 heavy (non-hydrogen) atoms. The van der Waals surface area contributed by atoms with Crippen LogP contribution in [0.25, 0.3) is 0 Å². The van der Waals surface area contributed by atoms with E-state index in [1.165, 1.54) is 0 Å². The van der Waals surface area contributed by atoms with Crippen molar-refractivity contribution < 1.29 is 14.7 Å². The van der Waals surface area contributed by atoms with E-state index in [1.54, 1.807) is 6.08 Å². The molecule has 0 spiro atoms. The summed E-state index contributed by atoms with van der Waals surface area (Å²) in [4.78, 5) is 22.6. The maximum Gasteiger partial charge on any atom is 0.326 e. The first-order valence-electron chi connectivity index (χ1n) is 6.05. The molecule has 0 radical (unpaired) electrons. The normalized spacial score (nSPS) is 11.4. The maximum atomic E-state index is 11.5. The number of carboxylic acid groups (broad SMARTS) is 1. The van der Waals surface area contributed by atoms with Crippen LogP contribution >= 0.6 is 0 Å². The molecule has 1 rings (SSSR count). The van der Waals surface area contributed by atoms with Gasteiger partial charge in [-0.3, -0.25) is 0 Å². The van der Waals surface area contributed by atoms with Gasteiger partial charge in [0.15, 0.2) is 0 Å². The van der Waals surface area contributed by atoms with Crippen molar-refractivity contribution in [3.63, 3.8) is 0 Å². The van der Waals surface area contributed by atoms with Crippen LogP contribution in [0.4, 0.5) is 4.79 Å². The predicted octanol–water partition coefficient (Wildman–Crippen LogP) is 1.56. The van der Waals surface area contributed by atoms with Crippen LogP contribution in [0.5, 0.6) is 0 Å². The monoisotopic (exact) mass is 262 g/mol. The third-order valence-corrected chi connectivity index (χ3v) is 2.52. The van der Waals surface area contributed by atoms with Crippen LogP contribution in [0.2, 0.25) is 0 Å². The molecular formula is C14H18N2O3. The van der Waals surface area contributed by atoms with E-state index in [4.69, 9.17) is 5.11 Å². The van der Waals surface area contributed by atoms with Crippen molar-refractivity contribution in [3.8, 4) is 0 Å². The van der Waals surface area contributed by atoms with Gasteiger partial charge < -0.3 is 15.7 Å². The highest BCUT2D eigenvalue weighted by Crippen LogP contribution is 2.03. The fourth-order valence-electron chi connectivity index (χ4n) is 1.55. The molecule has 0 aliphatic heterocycles. The lowest BCUT2D eigenvalue weighted by Gasteiger charge is -2.15. The molecule has 0 fully saturated rings. The molecule has 0 aliphatic carbocycles. The molecule has 0 aliphatic rings. The minimum atomic E-state index is -1.05. The number of urea groups is 1. The number of nitrogens with one attached hydrogen (secondary N) is 2. The van der Waals surface area contributed by atoms with E-state index in [0.717, 1.165) is 5.56 Å². The van der Waals surface area contributed by atoms with Gasteiger partial charge in [-0.2, -0.15) is 0 Å². The van der Waals surface area contributed by atoms with Crippen LogP contribution in [0.3, 0.4) is 0 Å². The standard InChI is InChI=1S/C14H18N2O3/c1-2-3-9-15-14(19)16-12(13(17)18)10-11-7-5-4-6-8-11/h2,4-8,12H,1,3,9-10H2,(H,17,18)(H2,15,16,19). The number of amides is 2. The van der Waals surface area contributed by atoms with E-state index in [1.807, 2.05) is 30.3 Å². The van der Waals surface area contributed by atoms with Gasteiger partial charge in [0, 0.05) is 13.0 Å². The second kappa shape index (κ2) is 7.92. The van der Waals surface area contributed by atoms with Crippen LogP contribution < -0.4 is 10.6 Å². The molecule has 1 aromatic rings. The van der Waals surface area contributed by atoms with Gasteiger partial charge >= 0.3 is 12.0 Å². The van der Waals surface area contributed by atoms with Crippen molar-refractivity contribution in [3.05, 3.63) is 48.6 Å². The summed E-state index contributed by atoms with van der Waals surface area (Å²) in [6.07, 6.45) is 2.58. The Kier molecular flexibility index (Phi) is 6.15. The van der Waals surface area contributed by atoms with Crippen molar-refractivity contribution >= 4 is 12.0 Å². The molecule has 1 aromatic carbocycles. The summed E-state index contributed by atoms with van der Waals surface area (Å²) < 4.78 is 0. The Morgan fingerprint density at radius 2 is 2.00 bits per heavy atom. The van der Waals surface area contributed by atoms with E-state index in [-0.39, 0.29) is 6.42 Å². The Morgan fingerprint density at radius 3 is 2.58 bits per heavy atom. The lowest BCUT2D eigenvalue weighted by Crippen LogP contribution is -2.47. The molecule has 1 atom stereocenters. The fraction of sp³-hybridized carbons (Fsp3) is 0.286. The SMILES string of the molecule is C=CCCNC(=O)NC(Cc1ccccc1)C(=O)O. The average Bonchev–Trinajstić information content (AvgIpc) is 2.39. The zero-order valence-electron chi connectivity index (χ0n) is 10.6. The Balaban J connectivity index is 2.51. The van der Waals surface area contributed by atoms with Crippen LogP contribution in [-0.2, 0) is 11.2 Å². The summed E-state index contributed by atoms with van der Waals surface area (Å²) in [5, 5.41) is 14.1. The van der Waals surface area contributed by atoms with E-state index in [0.29, 0.717) is 13.0 Å². The third kappa shape index (κ3) is 5.72. The number of carbonyl (C=O) groups excluding carboxylic acids is 1. The number of benzene rings is 1. The lowest BCUT2D eigenvalue weighted by atomic mass is 10.1. The summed E-state index contributed by atoms with van der Waals surface area (Å²) in [7, 11) is 0. The van der Waals surface area contributed by atoms with Crippen LogP contribution in [0.1, 0.15) is 12.0 Å². The molecule has 0 bridgehead atoms. The molecule has 0 saturated carbocycles. The fourth-order valence-corrected chi connectivity index (χ4v) is 1.55. The lowest BCUT2D eigenvalue weighted by molar-refractivity contribution is -0.139. The Bertz CT molecular complexity index is 432. The van der Waals surface area contributed by atoms with Crippen molar-refractivity contribution in [1.82, 2.24) is 10.6 Å². The van der Waals surface area contributed by atoms with E-state index in [9.17, 15) is 9.59 Å². The van der Waals surface area contributed by atoms with E-state index < -0.39 is 18.0 Å². The zero-order chi connectivity index (χ0) is 14.1. The first kappa shape index (κ1) is 14.8. The molecule has 0 heterocycles. The van der Waals surface area contributed by atoms with Crippen molar-refractivity contribution in [2.45, 2.75) is 18.9 Å². The van der Waals surface area contributed by atoms with Crippen LogP contribution in [0.15, 0.2) is 43.0 Å². The number of hydrogen-bond acceptors (Lipinski definition) is 2. The maximum absolute atomic E-state index is 11.5. The van der Waals surface area contributed by atoms with Crippen molar-refractivity contribution in [1.29, 1.82) is 0 Å².